The summed E-state index contributed by atoms with van der Waals surface area (Å²) in [6, 6.07) is 8.79. The number of hydrogen-bond donors (Lipinski definition) is 0. The van der Waals surface area contributed by atoms with Gasteiger partial charge in [-0.05, 0) is 56.4 Å². The lowest BCUT2D eigenvalue weighted by atomic mass is 9.99. The second-order valence-corrected chi connectivity index (χ2v) is 7.76. The Labute approximate surface area is 163 Å². The molecule has 2 aromatic carbocycles. The average Bonchev–Trinajstić information content (AvgIpc) is 3.06. The molecular formula is C25H34O2. The number of benzene rings is 2. The molecule has 0 aliphatic rings. The third-order valence-electron chi connectivity index (χ3n) is 5.67. The molecule has 0 atom stereocenters. The minimum Gasteiger partial charge on any atom is -0.493 e. The maximum absolute atomic E-state index is 6.37. The summed E-state index contributed by atoms with van der Waals surface area (Å²) in [5.41, 5.74) is 5.85. The Kier molecular flexibility index (Phi) is 6.82. The van der Waals surface area contributed by atoms with Crippen LogP contribution in [0.5, 0.6) is 5.75 Å². The van der Waals surface area contributed by atoms with Crippen molar-refractivity contribution in [3.05, 3.63) is 41.0 Å². The number of unbranched alkanes of at least 4 members (excludes halogenated alkanes) is 5. The molecule has 0 saturated carbocycles. The van der Waals surface area contributed by atoms with E-state index < -0.39 is 0 Å². The van der Waals surface area contributed by atoms with Crippen LogP contribution in [0.4, 0.5) is 0 Å². The summed E-state index contributed by atoms with van der Waals surface area (Å²) in [6.07, 6.45) is 9.82. The molecule has 1 heterocycles. The van der Waals surface area contributed by atoms with Gasteiger partial charge in [-0.2, -0.15) is 0 Å². The zero-order valence-corrected chi connectivity index (χ0v) is 17.5. The van der Waals surface area contributed by atoms with E-state index in [9.17, 15) is 0 Å². The highest BCUT2D eigenvalue weighted by molar-refractivity contribution is 6.07. The monoisotopic (exact) mass is 366 g/mol. The lowest BCUT2D eigenvalue weighted by Gasteiger charge is -2.09. The minimum absolute atomic E-state index is 0.785. The van der Waals surface area contributed by atoms with E-state index in [-0.39, 0.29) is 0 Å². The van der Waals surface area contributed by atoms with Gasteiger partial charge < -0.3 is 9.15 Å². The van der Waals surface area contributed by atoms with Crippen molar-refractivity contribution >= 4 is 21.9 Å². The number of aryl methyl sites for hydroxylation is 3. The van der Waals surface area contributed by atoms with Crippen LogP contribution in [0.2, 0.25) is 0 Å². The van der Waals surface area contributed by atoms with E-state index in [1.54, 1.807) is 0 Å². The van der Waals surface area contributed by atoms with Gasteiger partial charge in [0.25, 0.3) is 0 Å². The quantitative estimate of drug-likeness (QED) is 0.340. The van der Waals surface area contributed by atoms with Crippen LogP contribution in [0.25, 0.3) is 21.9 Å². The molecule has 2 nitrogen and oxygen atoms in total. The first kappa shape index (κ1) is 19.8. The predicted molar refractivity (Wildman–Crippen MR) is 116 cm³/mol. The Morgan fingerprint density at radius 2 is 1.41 bits per heavy atom. The maximum atomic E-state index is 6.37. The first-order valence-electron chi connectivity index (χ1n) is 10.7. The standard InChI is InChI=1S/C25H34O2/c1-5-7-9-11-17-26-23-16-15-22-21-14-13-20(12-10-8-6-2)18(3)24(21)27-25(22)19(23)4/h13-16H,5-12,17H2,1-4H3. The van der Waals surface area contributed by atoms with E-state index >= 15 is 0 Å². The van der Waals surface area contributed by atoms with E-state index in [1.165, 1.54) is 60.4 Å². The van der Waals surface area contributed by atoms with Crippen molar-refractivity contribution in [2.45, 2.75) is 79.1 Å². The molecule has 146 valence electrons. The topological polar surface area (TPSA) is 22.4 Å². The number of rotatable bonds is 10. The van der Waals surface area contributed by atoms with E-state index in [0.717, 1.165) is 41.9 Å². The molecule has 0 bridgehead atoms. The van der Waals surface area contributed by atoms with Crippen molar-refractivity contribution in [1.29, 1.82) is 0 Å². The zero-order valence-electron chi connectivity index (χ0n) is 17.5. The molecule has 0 spiro atoms. The van der Waals surface area contributed by atoms with Crippen LogP contribution in [0, 0.1) is 13.8 Å². The summed E-state index contributed by atoms with van der Waals surface area (Å²) < 4.78 is 12.4. The highest BCUT2D eigenvalue weighted by atomic mass is 16.5. The van der Waals surface area contributed by atoms with Gasteiger partial charge in [0.15, 0.2) is 0 Å². The van der Waals surface area contributed by atoms with Crippen LogP contribution in [-0.2, 0) is 6.42 Å². The lowest BCUT2D eigenvalue weighted by molar-refractivity contribution is 0.303. The molecule has 0 N–H and O–H groups in total. The van der Waals surface area contributed by atoms with Crippen molar-refractivity contribution in [2.24, 2.45) is 0 Å². The van der Waals surface area contributed by atoms with Gasteiger partial charge in [-0.1, -0.05) is 58.1 Å². The third kappa shape index (κ3) is 4.31. The Morgan fingerprint density at radius 1 is 0.741 bits per heavy atom. The predicted octanol–water partition coefficient (Wildman–Crippen LogP) is 7.89. The van der Waals surface area contributed by atoms with Gasteiger partial charge in [0.2, 0.25) is 0 Å². The highest BCUT2D eigenvalue weighted by Gasteiger charge is 2.15. The van der Waals surface area contributed by atoms with Crippen molar-refractivity contribution in [1.82, 2.24) is 0 Å². The second kappa shape index (κ2) is 9.30. The van der Waals surface area contributed by atoms with Crippen LogP contribution in [-0.4, -0.2) is 6.61 Å². The van der Waals surface area contributed by atoms with Crippen LogP contribution in [0.15, 0.2) is 28.7 Å². The van der Waals surface area contributed by atoms with E-state index in [0.29, 0.717) is 0 Å². The Bertz CT molecular complexity index is 888. The maximum Gasteiger partial charge on any atom is 0.142 e. The fraction of sp³-hybridized carbons (Fsp3) is 0.520. The number of fused-ring (bicyclic) bond motifs is 3. The molecule has 0 radical (unpaired) electrons. The molecular weight excluding hydrogens is 332 g/mol. The Morgan fingerprint density at radius 3 is 2.15 bits per heavy atom. The molecule has 0 saturated heterocycles. The molecule has 0 amide bonds. The molecule has 3 rings (SSSR count). The molecule has 0 unspecified atom stereocenters. The fourth-order valence-corrected chi connectivity index (χ4v) is 3.90. The van der Waals surface area contributed by atoms with Gasteiger partial charge in [0, 0.05) is 16.3 Å². The molecule has 1 aromatic heterocycles. The third-order valence-corrected chi connectivity index (χ3v) is 5.67. The SMILES string of the molecule is CCCCCCOc1ccc2c(oc3c(C)c(CCCCC)ccc32)c1C. The van der Waals surface area contributed by atoms with Crippen molar-refractivity contribution in [2.75, 3.05) is 6.61 Å². The summed E-state index contributed by atoms with van der Waals surface area (Å²) in [5.74, 6) is 0.957. The van der Waals surface area contributed by atoms with E-state index in [4.69, 9.17) is 9.15 Å². The van der Waals surface area contributed by atoms with Gasteiger partial charge in [-0.3, -0.25) is 0 Å². The van der Waals surface area contributed by atoms with Crippen LogP contribution in [0.3, 0.4) is 0 Å². The van der Waals surface area contributed by atoms with Crippen molar-refractivity contribution in [3.63, 3.8) is 0 Å². The lowest BCUT2D eigenvalue weighted by Crippen LogP contribution is -1.98. The highest BCUT2D eigenvalue weighted by Crippen LogP contribution is 2.37. The van der Waals surface area contributed by atoms with Gasteiger partial charge >= 0.3 is 0 Å². The summed E-state index contributed by atoms with van der Waals surface area (Å²) >= 11 is 0. The Hall–Kier alpha value is -1.96. The second-order valence-electron chi connectivity index (χ2n) is 7.76. The largest absolute Gasteiger partial charge is 0.493 e. The van der Waals surface area contributed by atoms with Crippen LogP contribution < -0.4 is 4.74 Å². The summed E-state index contributed by atoms with van der Waals surface area (Å²) in [7, 11) is 0. The average molecular weight is 367 g/mol. The molecule has 27 heavy (non-hydrogen) atoms. The fourth-order valence-electron chi connectivity index (χ4n) is 3.90. The summed E-state index contributed by atoms with van der Waals surface area (Å²) in [4.78, 5) is 0. The molecule has 0 aliphatic heterocycles. The Balaban J connectivity index is 1.86. The first-order valence-corrected chi connectivity index (χ1v) is 10.7. The molecule has 2 heteroatoms. The number of ether oxygens (including phenoxy) is 1. The molecule has 0 aliphatic carbocycles. The smallest absolute Gasteiger partial charge is 0.142 e. The van der Waals surface area contributed by atoms with Gasteiger partial charge in [0.1, 0.15) is 16.9 Å². The van der Waals surface area contributed by atoms with E-state index in [1.807, 2.05) is 0 Å². The van der Waals surface area contributed by atoms with E-state index in [2.05, 4.69) is 52.0 Å². The normalized spacial score (nSPS) is 11.6. The zero-order chi connectivity index (χ0) is 19.2. The number of furan rings is 1. The summed E-state index contributed by atoms with van der Waals surface area (Å²) in [6.45, 7) is 9.59. The molecule has 3 aromatic rings. The van der Waals surface area contributed by atoms with Gasteiger partial charge in [0.05, 0.1) is 6.61 Å². The van der Waals surface area contributed by atoms with Crippen LogP contribution in [0.1, 0.15) is 75.5 Å². The summed E-state index contributed by atoms with van der Waals surface area (Å²) in [5, 5.41) is 2.42. The van der Waals surface area contributed by atoms with Crippen molar-refractivity contribution < 1.29 is 9.15 Å². The van der Waals surface area contributed by atoms with Crippen molar-refractivity contribution in [3.8, 4) is 5.75 Å². The minimum atomic E-state index is 0.785. The van der Waals surface area contributed by atoms with Gasteiger partial charge in [-0.15, -0.1) is 0 Å². The number of hydrogen-bond acceptors (Lipinski definition) is 2. The van der Waals surface area contributed by atoms with Gasteiger partial charge in [-0.25, -0.2) is 0 Å². The first-order chi connectivity index (χ1) is 13.2. The molecule has 0 fully saturated rings. The van der Waals surface area contributed by atoms with Crippen LogP contribution >= 0.6 is 0 Å².